The number of terminal acetylenes is 1. The maximum atomic E-state index is 12.7. The number of nitrogens with zero attached hydrogens (tertiary/aromatic N) is 3. The molecule has 2 heterocycles. The lowest BCUT2D eigenvalue weighted by Crippen LogP contribution is -2.23. The number of hydrogen-bond acceptors (Lipinski definition) is 5. The highest BCUT2D eigenvalue weighted by Gasteiger charge is 2.17. The molecule has 0 aliphatic rings. The van der Waals surface area contributed by atoms with Crippen molar-refractivity contribution >= 4 is 21.8 Å². The largest absolute Gasteiger partial charge is 0.400 e. The van der Waals surface area contributed by atoms with Crippen LogP contribution in [0.25, 0.3) is 33.5 Å². The van der Waals surface area contributed by atoms with Gasteiger partial charge in [0.15, 0.2) is 0 Å². The molecule has 6 heteroatoms. The van der Waals surface area contributed by atoms with Gasteiger partial charge in [-0.3, -0.25) is 9.36 Å². The van der Waals surface area contributed by atoms with Crippen LogP contribution in [0.1, 0.15) is 0 Å². The van der Waals surface area contributed by atoms with Gasteiger partial charge in [0.05, 0.1) is 28.4 Å². The fraction of sp³-hybridized carbons (Fsp3) is 0.0526. The van der Waals surface area contributed by atoms with Gasteiger partial charge in [0.25, 0.3) is 11.4 Å². The third-order valence-corrected chi connectivity index (χ3v) is 3.84. The number of fused-ring (bicyclic) bond motifs is 2. The Morgan fingerprint density at radius 3 is 2.32 bits per heavy atom. The lowest BCUT2D eigenvalue weighted by atomic mass is 10.2. The lowest BCUT2D eigenvalue weighted by Gasteiger charge is -2.10. The number of benzene rings is 2. The molecule has 0 aliphatic carbocycles. The maximum absolute atomic E-state index is 12.7. The Hall–Kier alpha value is -3.72. The quantitative estimate of drug-likeness (QED) is 0.527. The second kappa shape index (κ2) is 5.73. The molecule has 120 valence electrons. The first-order valence-corrected chi connectivity index (χ1v) is 7.52. The lowest BCUT2D eigenvalue weighted by molar-refractivity contribution is 0.508. The summed E-state index contributed by atoms with van der Waals surface area (Å²) in [5, 5.41) is 0.794. The normalized spacial score (nSPS) is 10.8. The van der Waals surface area contributed by atoms with Gasteiger partial charge in [0.1, 0.15) is 0 Å². The van der Waals surface area contributed by atoms with Gasteiger partial charge in [-0.25, -0.2) is 14.8 Å². The smallest absolute Gasteiger partial charge is 0.347 e. The van der Waals surface area contributed by atoms with Crippen LogP contribution in [0.2, 0.25) is 0 Å². The van der Waals surface area contributed by atoms with Crippen LogP contribution in [-0.2, 0) is 6.54 Å². The van der Waals surface area contributed by atoms with Gasteiger partial charge >= 0.3 is 5.63 Å². The summed E-state index contributed by atoms with van der Waals surface area (Å²) in [5.41, 5.74) is 0.0863. The zero-order valence-electron chi connectivity index (χ0n) is 13.0. The van der Waals surface area contributed by atoms with E-state index in [1.807, 2.05) is 0 Å². The van der Waals surface area contributed by atoms with Gasteiger partial charge in [-0.1, -0.05) is 30.2 Å². The third kappa shape index (κ3) is 2.39. The van der Waals surface area contributed by atoms with E-state index >= 15 is 0 Å². The molecule has 0 N–H and O–H groups in total. The molecule has 6 nitrogen and oxygen atoms in total. The van der Waals surface area contributed by atoms with Crippen molar-refractivity contribution in [2.75, 3.05) is 0 Å². The number of aromatic nitrogens is 3. The highest BCUT2D eigenvalue weighted by atomic mass is 16.4. The Labute approximate surface area is 141 Å². The summed E-state index contributed by atoms with van der Waals surface area (Å²) in [6, 6.07) is 13.7. The van der Waals surface area contributed by atoms with Gasteiger partial charge in [-0.05, 0) is 24.3 Å². The summed E-state index contributed by atoms with van der Waals surface area (Å²) >= 11 is 0. The summed E-state index contributed by atoms with van der Waals surface area (Å²) < 4.78 is 6.59. The highest BCUT2D eigenvalue weighted by Crippen LogP contribution is 2.18. The first-order valence-electron chi connectivity index (χ1n) is 7.52. The second-order valence-corrected chi connectivity index (χ2v) is 5.37. The van der Waals surface area contributed by atoms with E-state index in [2.05, 4.69) is 15.9 Å². The van der Waals surface area contributed by atoms with E-state index in [1.54, 1.807) is 48.5 Å². The van der Waals surface area contributed by atoms with Gasteiger partial charge < -0.3 is 4.42 Å². The van der Waals surface area contributed by atoms with Crippen molar-refractivity contribution in [2.45, 2.75) is 6.54 Å². The minimum atomic E-state index is -0.546. The molecule has 2 aromatic carbocycles. The van der Waals surface area contributed by atoms with E-state index in [4.69, 9.17) is 10.8 Å². The molecule has 2 aromatic heterocycles. The number of para-hydroxylation sites is 2. The first kappa shape index (κ1) is 14.8. The predicted molar refractivity (Wildman–Crippen MR) is 94.1 cm³/mol. The summed E-state index contributed by atoms with van der Waals surface area (Å²) in [6.45, 7) is -0.00970. The van der Waals surface area contributed by atoms with E-state index in [0.717, 1.165) is 0 Å². The zero-order valence-corrected chi connectivity index (χ0v) is 13.0. The van der Waals surface area contributed by atoms with Gasteiger partial charge in [-0.2, -0.15) is 0 Å². The molecule has 0 saturated heterocycles. The predicted octanol–water partition coefficient (Wildman–Crippen LogP) is 2.20. The first-order chi connectivity index (χ1) is 12.2. The molecular formula is C19H11N3O3. The average molecular weight is 329 g/mol. The molecule has 0 unspecified atom stereocenters. The Balaban J connectivity index is 2.10. The molecule has 0 amide bonds. The third-order valence-electron chi connectivity index (χ3n) is 3.84. The summed E-state index contributed by atoms with van der Waals surface area (Å²) in [7, 11) is 0. The second-order valence-electron chi connectivity index (χ2n) is 5.37. The fourth-order valence-electron chi connectivity index (χ4n) is 2.68. The zero-order chi connectivity index (χ0) is 17.4. The van der Waals surface area contributed by atoms with Crippen LogP contribution in [0, 0.1) is 12.3 Å². The minimum absolute atomic E-state index is 0.00970. The molecule has 0 radical (unpaired) electrons. The highest BCUT2D eigenvalue weighted by molar-refractivity contribution is 5.80. The van der Waals surface area contributed by atoms with Crippen LogP contribution < -0.4 is 11.2 Å². The molecule has 4 aromatic rings. The van der Waals surface area contributed by atoms with E-state index in [9.17, 15) is 9.59 Å². The van der Waals surface area contributed by atoms with Crippen LogP contribution in [0.3, 0.4) is 0 Å². The van der Waals surface area contributed by atoms with Crippen molar-refractivity contribution in [1.82, 2.24) is 14.5 Å². The summed E-state index contributed by atoms with van der Waals surface area (Å²) in [4.78, 5) is 33.8. The standard InChI is InChI=1S/C19H11N3O3/c1-2-11-22-16(20-14-9-5-3-7-12(14)18(22)23)17-21-15-10-6-4-8-13(15)19(24)25-17/h1,3-10H,11H2. The topological polar surface area (TPSA) is 78.0 Å². The van der Waals surface area contributed by atoms with Gasteiger partial charge in [-0.15, -0.1) is 6.42 Å². The minimum Gasteiger partial charge on any atom is -0.400 e. The van der Waals surface area contributed by atoms with E-state index in [1.165, 1.54) is 4.57 Å². The van der Waals surface area contributed by atoms with Crippen molar-refractivity contribution in [1.29, 1.82) is 0 Å². The van der Waals surface area contributed by atoms with Crippen LogP contribution in [0.5, 0.6) is 0 Å². The van der Waals surface area contributed by atoms with Crippen LogP contribution in [-0.4, -0.2) is 14.5 Å². The van der Waals surface area contributed by atoms with Crippen molar-refractivity contribution < 1.29 is 4.42 Å². The SMILES string of the molecule is C#CCn1c(-c2nc3ccccc3c(=O)o2)nc2ccccc2c1=O. The molecule has 0 saturated carbocycles. The van der Waals surface area contributed by atoms with Crippen molar-refractivity contribution in [3.05, 3.63) is 69.3 Å². The molecular weight excluding hydrogens is 318 g/mol. The van der Waals surface area contributed by atoms with Gasteiger partial charge in [0, 0.05) is 0 Å². The fourth-order valence-corrected chi connectivity index (χ4v) is 2.68. The van der Waals surface area contributed by atoms with Crippen LogP contribution in [0.15, 0.2) is 62.5 Å². The molecule has 0 bridgehead atoms. The monoisotopic (exact) mass is 329 g/mol. The Morgan fingerprint density at radius 2 is 1.60 bits per heavy atom. The van der Waals surface area contributed by atoms with Crippen molar-refractivity contribution in [2.24, 2.45) is 0 Å². The Morgan fingerprint density at radius 1 is 0.960 bits per heavy atom. The van der Waals surface area contributed by atoms with E-state index < -0.39 is 5.63 Å². The molecule has 0 aliphatic heterocycles. The number of rotatable bonds is 2. The summed E-state index contributed by atoms with van der Waals surface area (Å²) in [5.74, 6) is 2.52. The number of hydrogen-bond donors (Lipinski definition) is 0. The Kier molecular flexibility index (Phi) is 3.40. The Bertz CT molecular complexity index is 1280. The summed E-state index contributed by atoms with van der Waals surface area (Å²) in [6.07, 6.45) is 5.39. The molecule has 4 rings (SSSR count). The van der Waals surface area contributed by atoms with E-state index in [-0.39, 0.29) is 23.8 Å². The average Bonchev–Trinajstić information content (AvgIpc) is 2.64. The maximum Gasteiger partial charge on any atom is 0.347 e. The van der Waals surface area contributed by atoms with Crippen LogP contribution in [0.4, 0.5) is 0 Å². The van der Waals surface area contributed by atoms with Crippen molar-refractivity contribution in [3.63, 3.8) is 0 Å². The molecule has 0 spiro atoms. The van der Waals surface area contributed by atoms with E-state index in [0.29, 0.717) is 21.8 Å². The molecule has 0 fully saturated rings. The van der Waals surface area contributed by atoms with Crippen LogP contribution >= 0.6 is 0 Å². The molecule has 25 heavy (non-hydrogen) atoms. The molecule has 0 atom stereocenters. The van der Waals surface area contributed by atoms with Gasteiger partial charge in [0.2, 0.25) is 5.82 Å². The van der Waals surface area contributed by atoms with Crippen molar-refractivity contribution in [3.8, 4) is 24.1 Å².